The molecular formula is C12H17N5OS. The van der Waals surface area contributed by atoms with Crippen molar-refractivity contribution in [3.63, 3.8) is 0 Å². The van der Waals surface area contributed by atoms with Crippen molar-refractivity contribution in [1.29, 1.82) is 0 Å². The molecule has 0 N–H and O–H groups in total. The zero-order valence-electron chi connectivity index (χ0n) is 10.9. The first-order chi connectivity index (χ1) is 9.24. The highest BCUT2D eigenvalue weighted by Gasteiger charge is 2.22. The highest BCUT2D eigenvalue weighted by Crippen LogP contribution is 2.20. The summed E-state index contributed by atoms with van der Waals surface area (Å²) < 4.78 is 0. The lowest BCUT2D eigenvalue weighted by atomic mass is 10.3. The van der Waals surface area contributed by atoms with Crippen LogP contribution in [0.3, 0.4) is 0 Å². The first-order valence-corrected chi connectivity index (χ1v) is 7.17. The van der Waals surface area contributed by atoms with Gasteiger partial charge < -0.3 is 9.80 Å². The summed E-state index contributed by atoms with van der Waals surface area (Å²) in [7, 11) is 0. The van der Waals surface area contributed by atoms with Gasteiger partial charge in [0, 0.05) is 36.0 Å². The van der Waals surface area contributed by atoms with Gasteiger partial charge in [0.1, 0.15) is 0 Å². The van der Waals surface area contributed by atoms with Gasteiger partial charge in [-0.1, -0.05) is 12.0 Å². The standard InChI is InChI=1S/C12H17N5OS/c1-2-16-5-7-17(8-6-16)12(18)11-4-3-10(19-11)9-14-15-13/h3-4H,2,5-9H2,1H3. The van der Waals surface area contributed by atoms with Crippen LogP contribution in [0, 0.1) is 0 Å². The fraction of sp³-hybridized carbons (Fsp3) is 0.583. The van der Waals surface area contributed by atoms with Gasteiger partial charge in [-0.3, -0.25) is 4.79 Å². The van der Waals surface area contributed by atoms with Crippen LogP contribution in [-0.4, -0.2) is 48.4 Å². The molecule has 6 nitrogen and oxygen atoms in total. The number of hydrogen-bond donors (Lipinski definition) is 0. The summed E-state index contributed by atoms with van der Waals surface area (Å²) in [6, 6.07) is 3.68. The molecule has 0 atom stereocenters. The fourth-order valence-corrected chi connectivity index (χ4v) is 3.00. The Morgan fingerprint density at radius 3 is 2.79 bits per heavy atom. The molecule has 0 unspecified atom stereocenters. The van der Waals surface area contributed by atoms with Crippen LogP contribution >= 0.6 is 11.3 Å². The van der Waals surface area contributed by atoms with Gasteiger partial charge in [0.05, 0.1) is 11.4 Å². The first kappa shape index (κ1) is 13.9. The lowest BCUT2D eigenvalue weighted by Crippen LogP contribution is -2.48. The minimum absolute atomic E-state index is 0.0907. The Morgan fingerprint density at radius 2 is 2.16 bits per heavy atom. The summed E-state index contributed by atoms with van der Waals surface area (Å²) in [5.74, 6) is 0.0907. The molecule has 1 fully saturated rings. The normalized spacial score (nSPS) is 16.2. The van der Waals surface area contributed by atoms with Crippen LogP contribution < -0.4 is 0 Å². The van der Waals surface area contributed by atoms with E-state index < -0.39 is 0 Å². The van der Waals surface area contributed by atoms with Crippen LogP contribution in [0.4, 0.5) is 0 Å². The Hall–Kier alpha value is -1.56. The monoisotopic (exact) mass is 279 g/mol. The lowest BCUT2D eigenvalue weighted by Gasteiger charge is -2.33. The summed E-state index contributed by atoms with van der Waals surface area (Å²) in [6.07, 6.45) is 0. The largest absolute Gasteiger partial charge is 0.335 e. The Labute approximate surface area is 116 Å². The maximum atomic E-state index is 12.3. The SMILES string of the molecule is CCN1CCN(C(=O)c2ccc(CN=[N+]=[N-])s2)CC1. The molecule has 0 spiro atoms. The second kappa shape index (κ2) is 6.56. The molecule has 0 aliphatic carbocycles. The van der Waals surface area contributed by atoms with Crippen molar-refractivity contribution >= 4 is 17.2 Å². The molecule has 19 heavy (non-hydrogen) atoms. The molecule has 1 aromatic heterocycles. The molecule has 2 rings (SSSR count). The number of amides is 1. The predicted octanol–water partition coefficient (Wildman–Crippen LogP) is 2.34. The first-order valence-electron chi connectivity index (χ1n) is 6.35. The maximum absolute atomic E-state index is 12.3. The summed E-state index contributed by atoms with van der Waals surface area (Å²) in [6.45, 7) is 6.96. The number of azide groups is 1. The van der Waals surface area contributed by atoms with Crippen LogP contribution in [0.5, 0.6) is 0 Å². The van der Waals surface area contributed by atoms with Crippen LogP contribution in [0.25, 0.3) is 10.4 Å². The molecule has 1 saturated heterocycles. The van der Waals surface area contributed by atoms with Crippen molar-refractivity contribution in [2.24, 2.45) is 5.11 Å². The van der Waals surface area contributed by atoms with E-state index in [0.29, 0.717) is 6.54 Å². The summed E-state index contributed by atoms with van der Waals surface area (Å²) >= 11 is 1.41. The molecular weight excluding hydrogens is 262 g/mol. The molecule has 102 valence electrons. The van der Waals surface area contributed by atoms with Crippen LogP contribution in [0.2, 0.25) is 0 Å². The number of nitrogens with zero attached hydrogens (tertiary/aromatic N) is 5. The minimum Gasteiger partial charge on any atom is -0.335 e. The van der Waals surface area contributed by atoms with E-state index in [2.05, 4.69) is 21.8 Å². The third-order valence-electron chi connectivity index (χ3n) is 3.27. The number of hydrogen-bond acceptors (Lipinski definition) is 4. The molecule has 0 bridgehead atoms. The van der Waals surface area contributed by atoms with Gasteiger partial charge >= 0.3 is 0 Å². The second-order valence-electron chi connectivity index (χ2n) is 4.38. The zero-order valence-corrected chi connectivity index (χ0v) is 11.8. The quantitative estimate of drug-likeness (QED) is 0.482. The molecule has 0 saturated carbocycles. The predicted molar refractivity (Wildman–Crippen MR) is 75.2 cm³/mol. The van der Waals surface area contributed by atoms with E-state index in [9.17, 15) is 4.79 Å². The molecule has 2 heterocycles. The van der Waals surface area contributed by atoms with Gasteiger partial charge in [-0.05, 0) is 24.2 Å². The van der Waals surface area contributed by atoms with Gasteiger partial charge in [-0.2, -0.15) is 0 Å². The van der Waals surface area contributed by atoms with E-state index in [4.69, 9.17) is 5.53 Å². The topological polar surface area (TPSA) is 72.3 Å². The van der Waals surface area contributed by atoms with Gasteiger partial charge in [0.25, 0.3) is 5.91 Å². The Morgan fingerprint density at radius 1 is 1.42 bits per heavy atom. The molecule has 1 amide bonds. The highest BCUT2D eigenvalue weighted by molar-refractivity contribution is 7.14. The number of piperazine rings is 1. The van der Waals surface area contributed by atoms with Crippen LogP contribution in [0.15, 0.2) is 17.2 Å². The smallest absolute Gasteiger partial charge is 0.264 e. The number of carbonyl (C=O) groups is 1. The summed E-state index contributed by atoms with van der Waals surface area (Å²) in [5.41, 5.74) is 8.28. The van der Waals surface area contributed by atoms with Gasteiger partial charge in [0.2, 0.25) is 0 Å². The second-order valence-corrected chi connectivity index (χ2v) is 5.55. The van der Waals surface area contributed by atoms with Gasteiger partial charge in [-0.25, -0.2) is 0 Å². The number of thiophene rings is 1. The van der Waals surface area contributed by atoms with Crippen molar-refractivity contribution < 1.29 is 4.79 Å². The molecule has 7 heteroatoms. The zero-order chi connectivity index (χ0) is 13.7. The Balaban J connectivity index is 1.96. The maximum Gasteiger partial charge on any atom is 0.264 e. The minimum atomic E-state index is 0.0907. The van der Waals surface area contributed by atoms with Gasteiger partial charge in [0.15, 0.2) is 0 Å². The molecule has 1 aromatic rings. The summed E-state index contributed by atoms with van der Waals surface area (Å²) in [5, 5.41) is 3.51. The average molecular weight is 279 g/mol. The van der Waals surface area contributed by atoms with E-state index in [1.54, 1.807) is 0 Å². The fourth-order valence-electron chi connectivity index (χ4n) is 2.10. The van der Waals surface area contributed by atoms with Crippen LogP contribution in [-0.2, 0) is 6.54 Å². The van der Waals surface area contributed by atoms with E-state index >= 15 is 0 Å². The van der Waals surface area contributed by atoms with Crippen molar-refractivity contribution in [3.05, 3.63) is 32.3 Å². The number of carbonyl (C=O) groups excluding carboxylic acids is 1. The Bertz CT molecular complexity index is 486. The van der Waals surface area contributed by atoms with Crippen molar-refractivity contribution in [3.8, 4) is 0 Å². The van der Waals surface area contributed by atoms with E-state index in [0.717, 1.165) is 42.5 Å². The van der Waals surface area contributed by atoms with E-state index in [1.807, 2.05) is 17.0 Å². The molecule has 1 aliphatic heterocycles. The number of rotatable bonds is 4. The van der Waals surface area contributed by atoms with Crippen molar-refractivity contribution in [2.75, 3.05) is 32.7 Å². The molecule has 0 aromatic carbocycles. The third-order valence-corrected chi connectivity index (χ3v) is 4.33. The molecule has 1 aliphatic rings. The van der Waals surface area contributed by atoms with Crippen molar-refractivity contribution in [1.82, 2.24) is 9.80 Å². The van der Waals surface area contributed by atoms with Crippen molar-refractivity contribution in [2.45, 2.75) is 13.5 Å². The van der Waals surface area contributed by atoms with E-state index in [1.165, 1.54) is 11.3 Å². The van der Waals surface area contributed by atoms with Crippen LogP contribution in [0.1, 0.15) is 21.5 Å². The number of likely N-dealkylation sites (N-methyl/N-ethyl adjacent to an activating group) is 1. The summed E-state index contributed by atoms with van der Waals surface area (Å²) in [4.78, 5) is 20.9. The lowest BCUT2D eigenvalue weighted by molar-refractivity contribution is 0.0648. The average Bonchev–Trinajstić information content (AvgIpc) is 2.93. The van der Waals surface area contributed by atoms with E-state index in [-0.39, 0.29) is 5.91 Å². The van der Waals surface area contributed by atoms with Gasteiger partial charge in [-0.15, -0.1) is 11.3 Å². The third kappa shape index (κ3) is 3.47. The molecule has 0 radical (unpaired) electrons. The highest BCUT2D eigenvalue weighted by atomic mass is 32.1. The Kier molecular flexibility index (Phi) is 4.79.